The Kier molecular flexibility index (Phi) is 6.92. The van der Waals surface area contributed by atoms with Crippen molar-refractivity contribution >= 4 is 44.3 Å². The maximum absolute atomic E-state index is 11.4. The van der Waals surface area contributed by atoms with Crippen molar-refractivity contribution in [2.24, 2.45) is 0 Å². The molecule has 0 spiro atoms. The van der Waals surface area contributed by atoms with Gasteiger partial charge in [0.25, 0.3) is 4.41 Å². The summed E-state index contributed by atoms with van der Waals surface area (Å²) in [6, 6.07) is 9.93. The summed E-state index contributed by atoms with van der Waals surface area (Å²) in [5.74, 6) is 0.966. The second-order valence-corrected chi connectivity index (χ2v) is 5.42. The van der Waals surface area contributed by atoms with Crippen molar-refractivity contribution < 1.29 is 4.79 Å². The summed E-state index contributed by atoms with van der Waals surface area (Å²) in [7, 11) is 0. The van der Waals surface area contributed by atoms with E-state index >= 15 is 0 Å². The average Bonchev–Trinajstić information content (AvgIpc) is 2.28. The van der Waals surface area contributed by atoms with Crippen LogP contribution in [0.15, 0.2) is 30.3 Å². The summed E-state index contributed by atoms with van der Waals surface area (Å²) < 4.78 is 1.97. The van der Waals surface area contributed by atoms with E-state index in [0.717, 1.165) is 11.3 Å². The molecule has 1 aromatic rings. The highest BCUT2D eigenvalue weighted by Crippen LogP contribution is 2.03. The van der Waals surface area contributed by atoms with Gasteiger partial charge in [-0.3, -0.25) is 4.79 Å². The first kappa shape index (κ1) is 12.9. The Labute approximate surface area is 109 Å². The number of carbonyl (C=O) groups excluding carboxylic acids is 1. The molecule has 15 heavy (non-hydrogen) atoms. The zero-order chi connectivity index (χ0) is 10.9. The van der Waals surface area contributed by atoms with Crippen LogP contribution in [0.3, 0.4) is 0 Å². The largest absolute Gasteiger partial charge is 0.352 e. The van der Waals surface area contributed by atoms with Crippen molar-refractivity contribution in [2.75, 3.05) is 5.75 Å². The summed E-state index contributed by atoms with van der Waals surface area (Å²) in [5, 5.41) is 2.89. The second kappa shape index (κ2) is 8.04. The number of benzene rings is 1. The predicted octanol–water partition coefficient (Wildman–Crippen LogP) is 2.40. The van der Waals surface area contributed by atoms with Gasteiger partial charge in [0.05, 0.1) is 0 Å². The quantitative estimate of drug-likeness (QED) is 0.492. The van der Waals surface area contributed by atoms with E-state index in [2.05, 4.69) is 27.7 Å². The van der Waals surface area contributed by atoms with Crippen molar-refractivity contribution in [1.82, 2.24) is 5.32 Å². The van der Waals surface area contributed by atoms with Crippen LogP contribution in [0.5, 0.6) is 0 Å². The summed E-state index contributed by atoms with van der Waals surface area (Å²) in [4.78, 5) is 11.4. The third-order valence-electron chi connectivity index (χ3n) is 1.84. The Morgan fingerprint density at radius 2 is 2.13 bits per heavy atom. The van der Waals surface area contributed by atoms with E-state index in [1.54, 1.807) is 11.6 Å². The molecule has 0 aromatic heterocycles. The van der Waals surface area contributed by atoms with Crippen molar-refractivity contribution in [3.63, 3.8) is 0 Å². The molecular weight excluding hydrogens is 320 g/mol. The first-order valence-corrected chi connectivity index (χ1v) is 6.96. The molecule has 0 unspecified atom stereocenters. The van der Waals surface area contributed by atoms with E-state index in [1.165, 1.54) is 0 Å². The Morgan fingerprint density at radius 1 is 1.40 bits per heavy atom. The highest BCUT2D eigenvalue weighted by atomic mass is 127. The summed E-state index contributed by atoms with van der Waals surface area (Å²) in [6.45, 7) is 0.623. The van der Waals surface area contributed by atoms with Crippen LogP contribution in [0, 0.1) is 0 Å². The fourth-order valence-corrected chi connectivity index (χ4v) is 2.24. The van der Waals surface area contributed by atoms with Crippen LogP contribution in [-0.4, -0.2) is 16.1 Å². The van der Waals surface area contributed by atoms with Crippen molar-refractivity contribution in [3.05, 3.63) is 35.9 Å². The van der Waals surface area contributed by atoms with Crippen LogP contribution in [0.25, 0.3) is 0 Å². The number of nitrogens with one attached hydrogen (secondary N) is 1. The lowest BCUT2D eigenvalue weighted by atomic mass is 10.2. The van der Waals surface area contributed by atoms with E-state index in [-0.39, 0.29) is 5.91 Å². The van der Waals surface area contributed by atoms with Crippen LogP contribution in [0.2, 0.25) is 0 Å². The molecule has 0 heterocycles. The van der Waals surface area contributed by atoms with Gasteiger partial charge in [-0.2, -0.15) is 0 Å². The monoisotopic (exact) mass is 332 g/mol. The molecule has 1 rings (SSSR count). The highest BCUT2D eigenvalue weighted by Gasteiger charge is 2.00. The Bertz CT molecular complexity index is 297. The van der Waals surface area contributed by atoms with Crippen LogP contribution in [-0.2, 0) is 11.3 Å². The fraction of sp³-hybridized carbons (Fsp3) is 0.300. The molecule has 1 amide bonds. The summed E-state index contributed by atoms with van der Waals surface area (Å²) in [5.41, 5.74) is 1.14. The molecule has 0 fully saturated rings. The lowest BCUT2D eigenvalue weighted by Crippen LogP contribution is -2.22. The van der Waals surface area contributed by atoms with Crippen molar-refractivity contribution in [2.45, 2.75) is 13.0 Å². The minimum atomic E-state index is 0.115. The molecule has 5 heteroatoms. The average molecular weight is 332 g/mol. The third kappa shape index (κ3) is 6.09. The number of hydrogen-bond acceptors (Lipinski definition) is 2. The van der Waals surface area contributed by atoms with Crippen LogP contribution >= 0.6 is 34.0 Å². The zero-order valence-electron chi connectivity index (χ0n) is 8.28. The van der Waals surface area contributed by atoms with Crippen LogP contribution < -0.4 is 5.32 Å². The van der Waals surface area contributed by atoms with E-state index in [1.807, 2.05) is 34.7 Å². The molecule has 0 aliphatic carbocycles. The molecule has 79 valence electrons. The SMILES string of the molecule is O=C(CCS[B]I)NCc1ccccc1. The van der Waals surface area contributed by atoms with Gasteiger partial charge in [0, 0.05) is 13.0 Å². The second-order valence-electron chi connectivity index (χ2n) is 2.97. The lowest BCUT2D eigenvalue weighted by molar-refractivity contribution is -0.120. The number of halogens is 1. The number of hydrogen-bond donors (Lipinski definition) is 1. The minimum Gasteiger partial charge on any atom is -0.352 e. The van der Waals surface area contributed by atoms with E-state index in [9.17, 15) is 4.79 Å². The van der Waals surface area contributed by atoms with Gasteiger partial charge in [-0.25, -0.2) is 11.6 Å². The fourth-order valence-electron chi connectivity index (χ4n) is 1.08. The molecule has 1 radical (unpaired) electrons. The molecule has 0 saturated heterocycles. The molecule has 2 nitrogen and oxygen atoms in total. The van der Waals surface area contributed by atoms with E-state index in [0.29, 0.717) is 13.0 Å². The number of carbonyl (C=O) groups is 1. The first-order chi connectivity index (χ1) is 7.33. The molecule has 0 aliphatic heterocycles. The highest BCUT2D eigenvalue weighted by molar-refractivity contribution is 14.1. The summed E-state index contributed by atoms with van der Waals surface area (Å²) >= 11 is 3.83. The van der Waals surface area contributed by atoms with Crippen molar-refractivity contribution in [1.29, 1.82) is 0 Å². The van der Waals surface area contributed by atoms with Gasteiger partial charge in [0.1, 0.15) is 0 Å². The Morgan fingerprint density at radius 3 is 2.80 bits per heavy atom. The Hall–Kier alpha value is -0.165. The standard InChI is InChI=1S/C10H12BINOS/c12-11-15-7-6-10(14)13-8-9-4-2-1-3-5-9/h1-5H,6-8H2,(H,13,14). The van der Waals surface area contributed by atoms with Gasteiger partial charge in [0.15, 0.2) is 0 Å². The third-order valence-corrected chi connectivity index (χ3v) is 3.49. The van der Waals surface area contributed by atoms with Gasteiger partial charge in [0.2, 0.25) is 5.91 Å². The van der Waals surface area contributed by atoms with Gasteiger partial charge >= 0.3 is 0 Å². The Balaban J connectivity index is 2.17. The van der Waals surface area contributed by atoms with E-state index < -0.39 is 0 Å². The minimum absolute atomic E-state index is 0.115. The zero-order valence-corrected chi connectivity index (χ0v) is 11.3. The molecular formula is C10H12BINOS. The maximum atomic E-state index is 11.4. The number of amides is 1. The molecule has 1 aromatic carbocycles. The van der Waals surface area contributed by atoms with Crippen molar-refractivity contribution in [3.8, 4) is 0 Å². The van der Waals surface area contributed by atoms with Gasteiger partial charge in [-0.15, -0.1) is 22.4 Å². The van der Waals surface area contributed by atoms with Gasteiger partial charge in [-0.1, -0.05) is 30.3 Å². The molecule has 0 aliphatic rings. The van der Waals surface area contributed by atoms with Crippen LogP contribution in [0.1, 0.15) is 12.0 Å². The molecule has 0 saturated carbocycles. The predicted molar refractivity (Wildman–Crippen MR) is 75.1 cm³/mol. The van der Waals surface area contributed by atoms with Gasteiger partial charge < -0.3 is 5.32 Å². The topological polar surface area (TPSA) is 29.1 Å². The molecule has 0 atom stereocenters. The van der Waals surface area contributed by atoms with E-state index in [4.69, 9.17) is 0 Å². The maximum Gasteiger partial charge on any atom is 0.275 e. The molecule has 1 N–H and O–H groups in total. The normalized spacial score (nSPS) is 9.67. The summed E-state index contributed by atoms with van der Waals surface area (Å²) in [6.07, 6.45) is 0.580. The first-order valence-electron chi connectivity index (χ1n) is 4.67. The number of rotatable bonds is 6. The lowest BCUT2D eigenvalue weighted by Gasteiger charge is -2.04. The van der Waals surface area contributed by atoms with Gasteiger partial charge in [-0.05, 0) is 11.3 Å². The molecule has 0 bridgehead atoms. The van der Waals surface area contributed by atoms with Crippen LogP contribution in [0.4, 0.5) is 0 Å². The smallest absolute Gasteiger partial charge is 0.275 e.